The number of aliphatic hydroxyl groups excluding tert-OH is 1. The van der Waals surface area contributed by atoms with Gasteiger partial charge in [0.1, 0.15) is 0 Å². The van der Waals surface area contributed by atoms with Crippen molar-refractivity contribution in [3.8, 4) is 0 Å². The predicted octanol–water partition coefficient (Wildman–Crippen LogP) is 1.89. The van der Waals surface area contributed by atoms with Crippen molar-refractivity contribution in [1.82, 2.24) is 25.1 Å². The molecule has 25 heavy (non-hydrogen) atoms. The molecule has 0 aliphatic heterocycles. The first-order chi connectivity index (χ1) is 12.1. The Labute approximate surface area is 147 Å². The van der Waals surface area contributed by atoms with Gasteiger partial charge in [0.2, 0.25) is 0 Å². The lowest BCUT2D eigenvalue weighted by Crippen LogP contribution is -2.29. The zero-order chi connectivity index (χ0) is 17.6. The summed E-state index contributed by atoms with van der Waals surface area (Å²) in [7, 11) is 1.72. The predicted molar refractivity (Wildman–Crippen MR) is 92.6 cm³/mol. The molecule has 1 amide bonds. The van der Waals surface area contributed by atoms with Crippen molar-refractivity contribution in [2.75, 3.05) is 7.05 Å². The summed E-state index contributed by atoms with van der Waals surface area (Å²) >= 11 is 0. The molecule has 1 saturated carbocycles. The van der Waals surface area contributed by atoms with E-state index in [1.54, 1.807) is 24.1 Å². The fraction of sp³-hybridized carbons (Fsp3) is 0.556. The summed E-state index contributed by atoms with van der Waals surface area (Å²) in [6.45, 7) is 0.640. The van der Waals surface area contributed by atoms with Gasteiger partial charge < -0.3 is 10.0 Å². The molecule has 0 radical (unpaired) electrons. The first-order valence-corrected chi connectivity index (χ1v) is 8.89. The number of carbonyl (C=O) groups is 1. The Hall–Kier alpha value is -2.28. The van der Waals surface area contributed by atoms with Crippen LogP contribution < -0.4 is 0 Å². The van der Waals surface area contributed by atoms with Gasteiger partial charge in [0.25, 0.3) is 5.91 Å². The number of benzene rings is 1. The highest BCUT2D eigenvalue weighted by Crippen LogP contribution is 2.26. The second kappa shape index (κ2) is 8.20. The molecule has 1 aromatic heterocycles. The third kappa shape index (κ3) is 4.63. The molecule has 1 aliphatic carbocycles. The summed E-state index contributed by atoms with van der Waals surface area (Å²) < 4.78 is 0. The van der Waals surface area contributed by atoms with Gasteiger partial charge in [-0.1, -0.05) is 37.5 Å². The summed E-state index contributed by atoms with van der Waals surface area (Å²) in [6, 6.07) is 9.11. The average Bonchev–Trinajstić information content (AvgIpc) is 3.09. The SMILES string of the molecule is CN(Cc1nnn(CC(O)C2CCCCC2)n1)C(=O)c1ccccc1. The summed E-state index contributed by atoms with van der Waals surface area (Å²) in [5.74, 6) is 0.715. The van der Waals surface area contributed by atoms with E-state index in [9.17, 15) is 9.90 Å². The summed E-state index contributed by atoms with van der Waals surface area (Å²) in [6.07, 6.45) is 5.32. The van der Waals surface area contributed by atoms with Gasteiger partial charge >= 0.3 is 0 Å². The highest BCUT2D eigenvalue weighted by Gasteiger charge is 2.23. The minimum Gasteiger partial charge on any atom is -0.391 e. The van der Waals surface area contributed by atoms with Crippen molar-refractivity contribution in [3.63, 3.8) is 0 Å². The van der Waals surface area contributed by atoms with Gasteiger partial charge in [0.05, 0.1) is 19.2 Å². The Bertz CT molecular complexity index is 682. The van der Waals surface area contributed by atoms with E-state index in [0.29, 0.717) is 23.9 Å². The van der Waals surface area contributed by atoms with Crippen LogP contribution >= 0.6 is 0 Å². The van der Waals surface area contributed by atoms with Crippen LogP contribution in [0.5, 0.6) is 0 Å². The van der Waals surface area contributed by atoms with Crippen LogP contribution in [0.4, 0.5) is 0 Å². The van der Waals surface area contributed by atoms with Crippen molar-refractivity contribution < 1.29 is 9.90 Å². The molecule has 0 saturated heterocycles. The Balaban J connectivity index is 1.55. The fourth-order valence-electron chi connectivity index (χ4n) is 3.34. The minimum absolute atomic E-state index is 0.0841. The minimum atomic E-state index is -0.439. The molecule has 134 valence electrons. The van der Waals surface area contributed by atoms with Gasteiger partial charge in [0, 0.05) is 12.6 Å². The van der Waals surface area contributed by atoms with E-state index in [2.05, 4.69) is 15.4 Å². The Morgan fingerprint density at radius 1 is 1.28 bits per heavy atom. The second-order valence-electron chi connectivity index (χ2n) is 6.75. The van der Waals surface area contributed by atoms with E-state index < -0.39 is 6.10 Å². The van der Waals surface area contributed by atoms with Crippen LogP contribution in [-0.4, -0.2) is 49.3 Å². The van der Waals surface area contributed by atoms with Gasteiger partial charge in [0.15, 0.2) is 5.82 Å². The first kappa shape index (κ1) is 17.5. The van der Waals surface area contributed by atoms with Crippen LogP contribution in [0.25, 0.3) is 0 Å². The highest BCUT2D eigenvalue weighted by molar-refractivity contribution is 5.93. The lowest BCUT2D eigenvalue weighted by Gasteiger charge is -2.25. The molecule has 1 aromatic carbocycles. The van der Waals surface area contributed by atoms with E-state index in [0.717, 1.165) is 12.8 Å². The van der Waals surface area contributed by atoms with Crippen LogP contribution in [0.2, 0.25) is 0 Å². The van der Waals surface area contributed by atoms with Crippen molar-refractivity contribution >= 4 is 5.91 Å². The Kier molecular flexibility index (Phi) is 5.75. The molecular formula is C18H25N5O2. The zero-order valence-electron chi connectivity index (χ0n) is 14.6. The topological polar surface area (TPSA) is 84.1 Å². The van der Waals surface area contributed by atoms with Crippen LogP contribution in [0, 0.1) is 5.92 Å². The molecule has 1 atom stereocenters. The summed E-state index contributed by atoms with van der Waals surface area (Å²) in [4.78, 5) is 15.3. The van der Waals surface area contributed by atoms with Gasteiger partial charge in [-0.15, -0.1) is 10.2 Å². The lowest BCUT2D eigenvalue weighted by molar-refractivity contribution is 0.0620. The molecular weight excluding hydrogens is 318 g/mol. The van der Waals surface area contributed by atoms with Gasteiger partial charge in [-0.3, -0.25) is 4.79 Å². The maximum absolute atomic E-state index is 12.3. The van der Waals surface area contributed by atoms with Gasteiger partial charge in [-0.25, -0.2) is 0 Å². The molecule has 0 spiro atoms. The molecule has 1 unspecified atom stereocenters. The number of aromatic nitrogens is 4. The number of amides is 1. The monoisotopic (exact) mass is 343 g/mol. The number of tetrazole rings is 1. The zero-order valence-corrected chi connectivity index (χ0v) is 14.6. The van der Waals surface area contributed by atoms with E-state index in [1.165, 1.54) is 24.1 Å². The highest BCUT2D eigenvalue weighted by atomic mass is 16.3. The molecule has 7 nitrogen and oxygen atoms in total. The van der Waals surface area contributed by atoms with E-state index in [-0.39, 0.29) is 12.5 Å². The molecule has 0 bridgehead atoms. The second-order valence-corrected chi connectivity index (χ2v) is 6.75. The summed E-state index contributed by atoms with van der Waals surface area (Å²) in [5.41, 5.74) is 0.630. The molecule has 2 aromatic rings. The number of hydrogen-bond acceptors (Lipinski definition) is 5. The fourth-order valence-corrected chi connectivity index (χ4v) is 3.34. The number of carbonyl (C=O) groups excluding carboxylic acids is 1. The molecule has 1 N–H and O–H groups in total. The van der Waals surface area contributed by atoms with Gasteiger partial charge in [-0.05, 0) is 36.1 Å². The van der Waals surface area contributed by atoms with Gasteiger partial charge in [-0.2, -0.15) is 4.80 Å². The standard InChI is InChI=1S/C18H25N5O2/c1-22(18(25)15-10-6-3-7-11-15)13-17-19-21-23(20-17)12-16(24)14-8-4-2-5-9-14/h3,6-7,10-11,14,16,24H,2,4-5,8-9,12-13H2,1H3. The van der Waals surface area contributed by atoms with Crippen molar-refractivity contribution in [2.45, 2.75) is 51.3 Å². The van der Waals surface area contributed by atoms with E-state index in [4.69, 9.17) is 0 Å². The Morgan fingerprint density at radius 2 is 2.00 bits per heavy atom. The first-order valence-electron chi connectivity index (χ1n) is 8.89. The number of hydrogen-bond donors (Lipinski definition) is 1. The van der Waals surface area contributed by atoms with Crippen LogP contribution in [0.3, 0.4) is 0 Å². The number of aliphatic hydroxyl groups is 1. The number of rotatable bonds is 6. The van der Waals surface area contributed by atoms with E-state index in [1.807, 2.05) is 18.2 Å². The maximum atomic E-state index is 12.3. The van der Waals surface area contributed by atoms with Crippen molar-refractivity contribution in [2.24, 2.45) is 5.92 Å². The molecule has 7 heteroatoms. The lowest BCUT2D eigenvalue weighted by atomic mass is 9.85. The largest absolute Gasteiger partial charge is 0.391 e. The van der Waals surface area contributed by atoms with Crippen LogP contribution in [0.1, 0.15) is 48.3 Å². The van der Waals surface area contributed by atoms with Crippen molar-refractivity contribution in [3.05, 3.63) is 41.7 Å². The smallest absolute Gasteiger partial charge is 0.254 e. The molecule has 1 aliphatic rings. The maximum Gasteiger partial charge on any atom is 0.254 e. The third-order valence-electron chi connectivity index (χ3n) is 4.78. The molecule has 1 fully saturated rings. The van der Waals surface area contributed by atoms with Crippen LogP contribution in [-0.2, 0) is 13.1 Å². The van der Waals surface area contributed by atoms with E-state index >= 15 is 0 Å². The average molecular weight is 343 g/mol. The Morgan fingerprint density at radius 3 is 2.72 bits per heavy atom. The molecule has 3 rings (SSSR count). The third-order valence-corrected chi connectivity index (χ3v) is 4.78. The quantitative estimate of drug-likeness (QED) is 0.866. The summed E-state index contributed by atoms with van der Waals surface area (Å²) in [5, 5.41) is 22.7. The van der Waals surface area contributed by atoms with Crippen molar-refractivity contribution in [1.29, 1.82) is 0 Å². The normalized spacial score (nSPS) is 16.6. The van der Waals surface area contributed by atoms with Crippen LogP contribution in [0.15, 0.2) is 30.3 Å². The molecule has 1 heterocycles. The number of nitrogens with zero attached hydrogens (tertiary/aromatic N) is 5.